The normalized spacial score (nSPS) is 33.1. The summed E-state index contributed by atoms with van der Waals surface area (Å²) in [5.74, 6) is -3.90. The third kappa shape index (κ3) is 12.3. The number of H-pyrrole nitrogens is 1. The second-order valence-corrected chi connectivity index (χ2v) is 14.6. The average Bonchev–Trinajstić information content (AvgIpc) is 3.52. The Kier molecular flexibility index (Phi) is 16.5. The number of benzene rings is 1. The molecule has 6 N–H and O–H groups in total. The maximum Gasteiger partial charge on any atom is 0.316 e. The molecule has 10 atom stereocenters. The van der Waals surface area contributed by atoms with Crippen LogP contribution in [0.3, 0.4) is 0 Å². The molecule has 2 fully saturated rings. The number of aromatic nitrogens is 1. The Balaban J connectivity index is 0.000000534. The van der Waals surface area contributed by atoms with Crippen LogP contribution in [0.15, 0.2) is 30.5 Å². The number of nitrogens with two attached hydrogens (primary N) is 1. The van der Waals surface area contributed by atoms with E-state index in [0.717, 1.165) is 12.8 Å². The van der Waals surface area contributed by atoms with Crippen LogP contribution in [0.5, 0.6) is 0 Å². The molecule has 1 amide bonds. The van der Waals surface area contributed by atoms with Crippen LogP contribution < -0.4 is 11.1 Å². The van der Waals surface area contributed by atoms with Crippen LogP contribution in [-0.4, -0.2) is 120 Å². The first-order valence-corrected chi connectivity index (χ1v) is 18.3. The monoisotopic (exact) mass is 718 g/mol. The van der Waals surface area contributed by atoms with Crippen molar-refractivity contribution in [1.29, 1.82) is 0 Å². The lowest BCUT2D eigenvalue weighted by Gasteiger charge is -2.40. The number of hydrogen-bond donors (Lipinski definition) is 5. The minimum absolute atomic E-state index is 0.0615. The summed E-state index contributed by atoms with van der Waals surface area (Å²) < 4.78 is 23.9. The van der Waals surface area contributed by atoms with E-state index < -0.39 is 72.3 Å². The van der Waals surface area contributed by atoms with Gasteiger partial charge in [-0.3, -0.25) is 14.4 Å². The van der Waals surface area contributed by atoms with Gasteiger partial charge in [-0.15, -0.1) is 0 Å². The Bertz CT molecular complexity index is 1400. The summed E-state index contributed by atoms with van der Waals surface area (Å²) in [6.45, 7) is 10.3. The average molecular weight is 719 g/mol. The van der Waals surface area contributed by atoms with E-state index in [1.54, 1.807) is 6.92 Å². The fourth-order valence-electron chi connectivity index (χ4n) is 6.51. The first-order chi connectivity index (χ1) is 24.1. The quantitative estimate of drug-likeness (QED) is 0.154. The topological polar surface area (TPSA) is 186 Å². The molecule has 1 aromatic carbocycles. The molecule has 13 nitrogen and oxygen atoms in total. The molecule has 13 heteroatoms. The molecule has 0 saturated carbocycles. The number of Topliss-reactive ketones (excluding diaryl/α,β-unsaturated/α-hetero) is 1. The fourth-order valence-corrected chi connectivity index (χ4v) is 6.51. The van der Waals surface area contributed by atoms with Gasteiger partial charge in [-0.25, -0.2) is 0 Å². The van der Waals surface area contributed by atoms with Gasteiger partial charge in [0.15, 0.2) is 6.29 Å². The minimum atomic E-state index is -1.91. The van der Waals surface area contributed by atoms with E-state index in [2.05, 4.69) is 52.6 Å². The van der Waals surface area contributed by atoms with Crippen LogP contribution in [0.4, 0.5) is 0 Å². The molecule has 7 unspecified atom stereocenters. The first kappa shape index (κ1) is 42.5. The smallest absolute Gasteiger partial charge is 0.316 e. The number of aliphatic hydroxyl groups is 2. The van der Waals surface area contributed by atoms with Gasteiger partial charge in [0.05, 0.1) is 30.3 Å². The number of esters is 1. The van der Waals surface area contributed by atoms with Gasteiger partial charge in [-0.1, -0.05) is 32.0 Å². The maximum absolute atomic E-state index is 13.4. The molecule has 288 valence electrons. The Hall–Kier alpha value is -2.91. The molecule has 2 aliphatic rings. The van der Waals surface area contributed by atoms with E-state index in [0.29, 0.717) is 26.0 Å². The predicted molar refractivity (Wildman–Crippen MR) is 195 cm³/mol. The summed E-state index contributed by atoms with van der Waals surface area (Å²) in [6, 6.07) is 8.18. The molecular formula is C38H62N4O9. The number of amides is 1. The van der Waals surface area contributed by atoms with Crippen molar-refractivity contribution in [3.8, 4) is 0 Å². The van der Waals surface area contributed by atoms with Crippen molar-refractivity contribution in [2.75, 3.05) is 33.9 Å². The molecular weight excluding hydrogens is 656 g/mol. The molecule has 1 aromatic heterocycles. The third-order valence-corrected chi connectivity index (χ3v) is 9.90. The molecule has 2 aromatic rings. The van der Waals surface area contributed by atoms with Crippen LogP contribution >= 0.6 is 0 Å². The highest BCUT2D eigenvalue weighted by atomic mass is 16.7. The largest absolute Gasteiger partial charge is 0.462 e. The summed E-state index contributed by atoms with van der Waals surface area (Å²) in [5, 5.41) is 25.7. The van der Waals surface area contributed by atoms with Crippen molar-refractivity contribution in [2.45, 2.75) is 128 Å². The molecule has 4 rings (SSSR count). The summed E-state index contributed by atoms with van der Waals surface area (Å²) in [7, 11) is 4.00. The second kappa shape index (κ2) is 19.8. The summed E-state index contributed by atoms with van der Waals surface area (Å²) in [4.78, 5) is 44.5. The van der Waals surface area contributed by atoms with E-state index in [1.165, 1.54) is 37.2 Å². The van der Waals surface area contributed by atoms with Crippen molar-refractivity contribution < 1.29 is 43.5 Å². The zero-order valence-corrected chi connectivity index (χ0v) is 31.7. The highest BCUT2D eigenvalue weighted by molar-refractivity contribution is 5.98. The Morgan fingerprint density at radius 1 is 1.06 bits per heavy atom. The van der Waals surface area contributed by atoms with Crippen molar-refractivity contribution >= 4 is 28.6 Å². The van der Waals surface area contributed by atoms with Gasteiger partial charge >= 0.3 is 5.97 Å². The fraction of sp³-hybridized carbons (Fsp3) is 0.711. The lowest BCUT2D eigenvalue weighted by atomic mass is 9.89. The van der Waals surface area contributed by atoms with Crippen molar-refractivity contribution in [1.82, 2.24) is 15.2 Å². The van der Waals surface area contributed by atoms with E-state index in [1.807, 2.05) is 21.0 Å². The number of carbonyl (C=O) groups is 3. The molecule has 0 aliphatic carbocycles. The van der Waals surface area contributed by atoms with Crippen molar-refractivity contribution in [3.63, 3.8) is 0 Å². The van der Waals surface area contributed by atoms with Gasteiger partial charge < -0.3 is 50.1 Å². The van der Waals surface area contributed by atoms with Gasteiger partial charge in [-0.05, 0) is 85.6 Å². The van der Waals surface area contributed by atoms with Gasteiger partial charge in [0.25, 0.3) is 0 Å². The number of ether oxygens (including phenoxy) is 4. The molecule has 3 heterocycles. The Morgan fingerprint density at radius 2 is 1.76 bits per heavy atom. The highest BCUT2D eigenvalue weighted by Gasteiger charge is 2.41. The zero-order chi connectivity index (χ0) is 37.9. The molecule has 51 heavy (non-hydrogen) atoms. The van der Waals surface area contributed by atoms with Crippen molar-refractivity contribution in [2.24, 2.45) is 17.6 Å². The Morgan fingerprint density at radius 3 is 2.43 bits per heavy atom. The summed E-state index contributed by atoms with van der Waals surface area (Å²) in [6.07, 6.45) is 1.72. The second-order valence-electron chi connectivity index (χ2n) is 14.6. The zero-order valence-electron chi connectivity index (χ0n) is 31.7. The molecule has 0 bridgehead atoms. The van der Waals surface area contributed by atoms with E-state index in [-0.39, 0.29) is 25.0 Å². The first-order valence-electron chi connectivity index (χ1n) is 18.3. The van der Waals surface area contributed by atoms with E-state index >= 15 is 0 Å². The number of aryl methyl sites for hydroxylation is 1. The molecule has 0 spiro atoms. The predicted octanol–water partition coefficient (Wildman–Crippen LogP) is 3.09. The van der Waals surface area contributed by atoms with Gasteiger partial charge in [0.1, 0.15) is 23.9 Å². The lowest BCUT2D eigenvalue weighted by molar-refractivity contribution is -0.240. The number of aliphatic hydroxyl groups excluding tert-OH is 1. The lowest BCUT2D eigenvalue weighted by Crippen LogP contribution is -2.52. The third-order valence-electron chi connectivity index (χ3n) is 9.90. The van der Waals surface area contributed by atoms with Crippen LogP contribution in [0.2, 0.25) is 0 Å². The number of nitrogens with zero attached hydrogens (tertiary/aromatic N) is 1. The van der Waals surface area contributed by atoms with E-state index in [4.69, 9.17) is 24.7 Å². The number of cyclic esters (lactones) is 1. The van der Waals surface area contributed by atoms with E-state index in [9.17, 15) is 24.6 Å². The number of fused-ring (bicyclic) bond motifs is 1. The van der Waals surface area contributed by atoms with Crippen LogP contribution in [0.25, 0.3) is 10.9 Å². The number of ketones is 1. The summed E-state index contributed by atoms with van der Waals surface area (Å²) >= 11 is 0. The number of nitrogens with one attached hydrogen (secondary N) is 2. The van der Waals surface area contributed by atoms with Gasteiger partial charge in [-0.2, -0.15) is 0 Å². The van der Waals surface area contributed by atoms with Crippen LogP contribution in [0, 0.1) is 11.8 Å². The molecule has 0 radical (unpaired) electrons. The minimum Gasteiger partial charge on any atom is -0.462 e. The maximum atomic E-state index is 13.4. The number of rotatable bonds is 8. The Labute approximate surface area is 302 Å². The highest BCUT2D eigenvalue weighted by Crippen LogP contribution is 2.28. The number of carbonyl (C=O) groups excluding carboxylic acids is 3. The number of aromatic amines is 1. The summed E-state index contributed by atoms with van der Waals surface area (Å²) in [5.41, 5.74) is 6.42. The molecule has 2 saturated heterocycles. The van der Waals surface area contributed by atoms with Gasteiger partial charge in [0, 0.05) is 48.6 Å². The number of para-hydroxylation sites is 1. The SMILES string of the molecule is CC1CC(N(C)C)CC(O[C@@H]2CC(=O)C(C)C(=O)OC[C@@](C)(O)C(O)C(C)C(=O)N[C@H](C)CC2OCCCN)O1.CCc1c[nH]c2ccccc12. The molecule has 2 aliphatic heterocycles. The van der Waals surface area contributed by atoms with Crippen LogP contribution in [0.1, 0.15) is 79.2 Å². The van der Waals surface area contributed by atoms with Gasteiger partial charge in [0.2, 0.25) is 5.91 Å². The van der Waals surface area contributed by atoms with Crippen LogP contribution in [-0.2, 0) is 39.8 Å². The standard InChI is InChI=1S/C28H51N3O9.C10H11N/c1-16-11-22(37-10-8-9-29)23(40-24-13-20(31(6)7)12-17(2)39-24)14-21(32)18(3)27(35)38-15-28(5,36)25(33)19(4)26(34)30-16;1-2-8-7-11-10-6-4-3-5-9(8)10/h16-20,22-25,33,36H,8-15,29H2,1-7H3,(H,30,34);3-7,11H,2H2,1H3/t16-,17?,18?,19?,20?,22?,23-,24?,25?,28-;/m1./s1. The number of hydrogen-bond acceptors (Lipinski definition) is 11. The van der Waals surface area contributed by atoms with Crippen molar-refractivity contribution in [3.05, 3.63) is 36.0 Å².